The summed E-state index contributed by atoms with van der Waals surface area (Å²) in [7, 11) is -0.583. The van der Waals surface area contributed by atoms with Gasteiger partial charge in [-0.05, 0) is 11.8 Å². The van der Waals surface area contributed by atoms with Gasteiger partial charge in [0, 0.05) is 18.6 Å². The minimum atomic E-state index is -0.583. The molecule has 1 nitrogen and oxygen atoms in total. The van der Waals surface area contributed by atoms with E-state index in [1.165, 1.54) is 0 Å². The Balaban J connectivity index is 0. The second-order valence-corrected chi connectivity index (χ2v) is 0.750. The molecule has 0 aromatic heterocycles. The largest absolute Gasteiger partial charge is 0.274 e. The molecule has 1 unspecified atom stereocenters. The molecule has 0 saturated carbocycles. The molecule has 1 radical (unpaired) electrons. The van der Waals surface area contributed by atoms with Gasteiger partial charge in [-0.25, -0.2) is 0 Å². The van der Waals surface area contributed by atoms with Crippen molar-refractivity contribution in [1.82, 2.24) is 0 Å². The first kappa shape index (κ1) is 8.86. The average Bonchev–Trinajstić information content (AvgIpc) is 0.918. The van der Waals surface area contributed by atoms with Crippen molar-refractivity contribution < 1.29 is 23.1 Å². The van der Waals surface area contributed by atoms with Crippen molar-refractivity contribution in [2.75, 3.05) is 0 Å². The Bertz CT molecular complexity index is 29.0. The van der Waals surface area contributed by atoms with Crippen LogP contribution >= 0.6 is 7.24 Å². The van der Waals surface area contributed by atoms with E-state index >= 15 is 0 Å². The van der Waals surface area contributed by atoms with Crippen LogP contribution in [0, 0.1) is 0 Å². The van der Waals surface area contributed by atoms with Crippen molar-refractivity contribution in [3.63, 3.8) is 0 Å². The predicted octanol–water partition coefficient (Wildman–Crippen LogP) is 0.470. The van der Waals surface area contributed by atoms with E-state index in [1.54, 1.807) is 0 Å². The fourth-order valence-electron chi connectivity index (χ4n) is 0. The maximum atomic E-state index is 8.77. The fraction of sp³-hybridized carbons (Fsp3) is 0. The molecule has 0 N–H and O–H groups in total. The third-order valence-electron chi connectivity index (χ3n) is 0. The summed E-state index contributed by atoms with van der Waals surface area (Å²) < 4.78 is 8.77. The molecule has 1 atom stereocenters. The topological polar surface area (TPSA) is 17.1 Å². The minimum absolute atomic E-state index is 0. The Morgan fingerprint density at radius 2 is 1.75 bits per heavy atom. The number of rotatable bonds is 0. The summed E-state index contributed by atoms with van der Waals surface area (Å²) in [6.07, 6.45) is 0. The zero-order chi connectivity index (χ0) is 2.71. The molecule has 4 heteroatoms. The van der Waals surface area contributed by atoms with Crippen LogP contribution in [-0.4, -0.2) is 0 Å². The molecule has 23 valence electrons. The third kappa shape index (κ3) is 12.9. The van der Waals surface area contributed by atoms with Gasteiger partial charge in [-0.3, -0.25) is 4.57 Å². The molecule has 4 heavy (non-hydrogen) atoms. The van der Waals surface area contributed by atoms with Gasteiger partial charge in [-0.15, -0.1) is 0 Å². The molecular formula is HOPSV. The normalized spacial score (nSPS) is 5.00. The third-order valence-corrected chi connectivity index (χ3v) is 0. The molecule has 0 heterocycles. The van der Waals surface area contributed by atoms with E-state index < -0.39 is 7.24 Å². The number of hydrogen-bond donors (Lipinski definition) is 0. The molecule has 0 aliphatic carbocycles. The second-order valence-electron chi connectivity index (χ2n) is 0.0833. The summed E-state index contributed by atoms with van der Waals surface area (Å²) in [4.78, 5) is 0. The maximum Gasteiger partial charge on any atom is 0.150 e. The van der Waals surface area contributed by atoms with Gasteiger partial charge >= 0.3 is 0 Å². The molecule has 0 fully saturated rings. The Morgan fingerprint density at radius 3 is 1.75 bits per heavy atom. The van der Waals surface area contributed by atoms with Crippen LogP contribution in [-0.2, 0) is 34.9 Å². The van der Waals surface area contributed by atoms with Gasteiger partial charge in [0.05, 0.1) is 0 Å². The Kier molecular flexibility index (Phi) is 20.1. The maximum absolute atomic E-state index is 8.77. The Labute approximate surface area is 42.5 Å². The van der Waals surface area contributed by atoms with Gasteiger partial charge in [0.2, 0.25) is 0 Å². The van der Waals surface area contributed by atoms with E-state index in [4.69, 9.17) is 4.57 Å². The molecular weight excluding hydrogens is 130 g/mol. The van der Waals surface area contributed by atoms with Crippen LogP contribution in [0.3, 0.4) is 0 Å². The van der Waals surface area contributed by atoms with Crippen LogP contribution in [0.5, 0.6) is 0 Å². The summed E-state index contributed by atoms with van der Waals surface area (Å²) >= 11 is 3.87. The Hall–Kier alpha value is 0.904. The molecule has 0 saturated heterocycles. The standard InChI is InChI=1S/HOPS.V/c1-2-3;/h2H;. The first-order valence-electron chi connectivity index (χ1n) is 0.408. The van der Waals surface area contributed by atoms with Gasteiger partial charge < -0.3 is 0 Å². The zero-order valence-electron chi connectivity index (χ0n) is 1.76. The first-order valence-corrected chi connectivity index (χ1v) is 2.45. The minimum Gasteiger partial charge on any atom is -0.274 e. The molecule has 0 aliphatic heterocycles. The van der Waals surface area contributed by atoms with Gasteiger partial charge in [0.15, 0.2) is 7.24 Å². The summed E-state index contributed by atoms with van der Waals surface area (Å²) in [5, 5.41) is 0. The molecule has 0 aromatic rings. The van der Waals surface area contributed by atoms with Crippen LogP contribution < -0.4 is 0 Å². The molecule has 0 aliphatic rings. The second kappa shape index (κ2) is 9.08. The van der Waals surface area contributed by atoms with Crippen molar-refractivity contribution in [2.24, 2.45) is 0 Å². The van der Waals surface area contributed by atoms with E-state index in [1.807, 2.05) is 0 Å². The molecule has 0 rings (SSSR count). The van der Waals surface area contributed by atoms with Crippen LogP contribution in [0.15, 0.2) is 0 Å². The van der Waals surface area contributed by atoms with E-state index in [0.29, 0.717) is 0 Å². The molecule has 0 amide bonds. The van der Waals surface area contributed by atoms with Crippen molar-refractivity contribution in [3.8, 4) is 0 Å². The SMILES string of the molecule is O=[PH]=S.[V]. The fourth-order valence-corrected chi connectivity index (χ4v) is 0. The van der Waals surface area contributed by atoms with Crippen molar-refractivity contribution in [1.29, 1.82) is 0 Å². The van der Waals surface area contributed by atoms with Crippen molar-refractivity contribution in [3.05, 3.63) is 0 Å². The zero-order valence-corrected chi connectivity index (χ0v) is 4.98. The molecule has 0 spiro atoms. The quantitative estimate of drug-likeness (QED) is 0.444. The van der Waals surface area contributed by atoms with Gasteiger partial charge in [-0.2, -0.15) is 0 Å². The summed E-state index contributed by atoms with van der Waals surface area (Å²) in [5.41, 5.74) is 0. The van der Waals surface area contributed by atoms with Crippen LogP contribution in [0.1, 0.15) is 0 Å². The van der Waals surface area contributed by atoms with Crippen LogP contribution in [0.4, 0.5) is 0 Å². The van der Waals surface area contributed by atoms with E-state index in [0.717, 1.165) is 0 Å². The van der Waals surface area contributed by atoms with E-state index in [9.17, 15) is 0 Å². The number of hydrogen-bond acceptors (Lipinski definition) is 2. The summed E-state index contributed by atoms with van der Waals surface area (Å²) in [5.74, 6) is 0. The smallest absolute Gasteiger partial charge is 0.150 e. The van der Waals surface area contributed by atoms with Crippen molar-refractivity contribution >= 4 is 19.0 Å². The molecule has 0 bridgehead atoms. The van der Waals surface area contributed by atoms with Gasteiger partial charge in [-0.1, -0.05) is 0 Å². The van der Waals surface area contributed by atoms with E-state index in [2.05, 4.69) is 11.8 Å². The average molecular weight is 131 g/mol. The first-order chi connectivity index (χ1) is 1.41. The summed E-state index contributed by atoms with van der Waals surface area (Å²) in [6, 6.07) is 0. The predicted molar refractivity (Wildman–Crippen MR) is 16.4 cm³/mol. The Morgan fingerprint density at radius 1 is 1.75 bits per heavy atom. The van der Waals surface area contributed by atoms with Crippen LogP contribution in [0.2, 0.25) is 0 Å². The monoisotopic (exact) mass is 131 g/mol. The van der Waals surface area contributed by atoms with Crippen LogP contribution in [0.25, 0.3) is 0 Å². The van der Waals surface area contributed by atoms with E-state index in [-0.39, 0.29) is 18.6 Å². The van der Waals surface area contributed by atoms with Gasteiger partial charge in [0.1, 0.15) is 0 Å². The van der Waals surface area contributed by atoms with Gasteiger partial charge in [0.25, 0.3) is 0 Å². The van der Waals surface area contributed by atoms with Crippen molar-refractivity contribution in [2.45, 2.75) is 0 Å². The summed E-state index contributed by atoms with van der Waals surface area (Å²) in [6.45, 7) is 0. The molecule has 0 aromatic carbocycles.